The number of thioether (sulfide) groups is 1. The van der Waals surface area contributed by atoms with Gasteiger partial charge in [0.15, 0.2) is 0 Å². The molecule has 3 aliphatic rings. The van der Waals surface area contributed by atoms with Gasteiger partial charge in [-0.25, -0.2) is 0 Å². The van der Waals surface area contributed by atoms with Gasteiger partial charge in [0.2, 0.25) is 11.8 Å². The van der Waals surface area contributed by atoms with Crippen molar-refractivity contribution in [1.82, 2.24) is 10.0 Å². The lowest BCUT2D eigenvalue weighted by Gasteiger charge is -2.37. The third kappa shape index (κ3) is 2.77. The Labute approximate surface area is 123 Å². The van der Waals surface area contributed by atoms with Gasteiger partial charge in [0.05, 0.1) is 0 Å². The maximum absolute atomic E-state index is 11.9. The molecule has 2 heterocycles. The fraction of sp³-hybridized carbons (Fsp3) is 0.600. The van der Waals surface area contributed by atoms with Crippen molar-refractivity contribution in [2.24, 2.45) is 0 Å². The largest absolute Gasteiger partial charge is 0.273 e. The molecule has 3 rings (SSSR count). The molecule has 5 heteroatoms. The van der Waals surface area contributed by atoms with Gasteiger partial charge in [-0.3, -0.25) is 14.6 Å². The fourth-order valence-electron chi connectivity index (χ4n) is 2.98. The second-order valence-electron chi connectivity index (χ2n) is 5.49. The van der Waals surface area contributed by atoms with Crippen molar-refractivity contribution in [3.63, 3.8) is 0 Å². The molecule has 0 bridgehead atoms. The Bertz CT molecular complexity index is 439. The first-order valence-corrected chi connectivity index (χ1v) is 8.34. The smallest absolute Gasteiger partial charge is 0.248 e. The highest BCUT2D eigenvalue weighted by Gasteiger charge is 2.36. The summed E-state index contributed by atoms with van der Waals surface area (Å²) in [5.74, 6) is -0.159. The molecule has 1 aliphatic carbocycles. The number of nitrogens with zero attached hydrogens (tertiary/aromatic N) is 2. The van der Waals surface area contributed by atoms with E-state index in [0.717, 1.165) is 0 Å². The number of rotatable bonds is 3. The molecule has 2 aliphatic heterocycles. The van der Waals surface area contributed by atoms with Gasteiger partial charge in [0, 0.05) is 24.3 Å². The van der Waals surface area contributed by atoms with E-state index in [1.807, 2.05) is 35.1 Å². The highest BCUT2D eigenvalue weighted by molar-refractivity contribution is 8.00. The van der Waals surface area contributed by atoms with Crippen LogP contribution in [0.25, 0.3) is 0 Å². The number of carbonyl (C=O) groups is 2. The summed E-state index contributed by atoms with van der Waals surface area (Å²) < 4.78 is 0. The van der Waals surface area contributed by atoms with E-state index in [2.05, 4.69) is 6.08 Å². The van der Waals surface area contributed by atoms with Crippen LogP contribution in [0.3, 0.4) is 0 Å². The van der Waals surface area contributed by atoms with Crippen molar-refractivity contribution in [3.8, 4) is 0 Å². The molecule has 2 amide bonds. The van der Waals surface area contributed by atoms with E-state index in [0.29, 0.717) is 18.1 Å². The standard InChI is InChI=1S/C15H20N2O2S/c18-13-9-10-14(19)17(13)16-11-5-4-8-15(16)20-12-6-2-1-3-7-12/h4-5,8,11-12,15H,1-3,6-7,9-10H2. The molecule has 1 unspecified atom stereocenters. The molecule has 2 fully saturated rings. The Hall–Kier alpha value is -1.23. The van der Waals surface area contributed by atoms with Crippen molar-refractivity contribution in [1.29, 1.82) is 0 Å². The van der Waals surface area contributed by atoms with E-state index in [1.165, 1.54) is 37.1 Å². The van der Waals surface area contributed by atoms with Gasteiger partial charge < -0.3 is 0 Å². The topological polar surface area (TPSA) is 40.6 Å². The summed E-state index contributed by atoms with van der Waals surface area (Å²) in [6.45, 7) is 0. The first-order chi connectivity index (χ1) is 9.75. The highest BCUT2D eigenvalue weighted by atomic mass is 32.2. The second kappa shape index (κ2) is 6.04. The van der Waals surface area contributed by atoms with Crippen LogP contribution >= 0.6 is 11.8 Å². The van der Waals surface area contributed by atoms with E-state index < -0.39 is 0 Å². The second-order valence-corrected chi connectivity index (χ2v) is 6.91. The molecular formula is C15H20N2O2S. The number of imide groups is 1. The normalized spacial score (nSPS) is 27.7. The Kier molecular flexibility index (Phi) is 4.15. The van der Waals surface area contributed by atoms with E-state index in [-0.39, 0.29) is 17.2 Å². The van der Waals surface area contributed by atoms with Crippen molar-refractivity contribution in [2.75, 3.05) is 0 Å². The minimum atomic E-state index is -0.0794. The van der Waals surface area contributed by atoms with Crippen LogP contribution in [0.2, 0.25) is 0 Å². The molecule has 0 radical (unpaired) electrons. The fourth-order valence-corrected chi connectivity index (χ4v) is 4.45. The summed E-state index contributed by atoms with van der Waals surface area (Å²) >= 11 is 1.88. The van der Waals surface area contributed by atoms with Crippen molar-refractivity contribution < 1.29 is 9.59 Å². The summed E-state index contributed by atoms with van der Waals surface area (Å²) in [7, 11) is 0. The van der Waals surface area contributed by atoms with Crippen LogP contribution in [0.5, 0.6) is 0 Å². The number of hydrogen-bond acceptors (Lipinski definition) is 4. The van der Waals surface area contributed by atoms with Gasteiger partial charge in [-0.05, 0) is 18.9 Å². The number of hydrogen-bond donors (Lipinski definition) is 0. The van der Waals surface area contributed by atoms with Crippen LogP contribution in [-0.4, -0.2) is 32.5 Å². The Morgan fingerprint density at radius 1 is 1.00 bits per heavy atom. The first-order valence-electron chi connectivity index (χ1n) is 7.40. The van der Waals surface area contributed by atoms with Gasteiger partial charge in [-0.2, -0.15) is 5.01 Å². The van der Waals surface area contributed by atoms with Crippen molar-refractivity contribution >= 4 is 23.6 Å². The van der Waals surface area contributed by atoms with Gasteiger partial charge in [0.1, 0.15) is 5.37 Å². The van der Waals surface area contributed by atoms with Gasteiger partial charge in [0.25, 0.3) is 0 Å². The van der Waals surface area contributed by atoms with Crippen molar-refractivity contribution in [3.05, 3.63) is 24.4 Å². The molecule has 108 valence electrons. The SMILES string of the molecule is O=C1CCC(=O)N1N1C=CC=CC1SC1CCCCC1. The van der Waals surface area contributed by atoms with Crippen molar-refractivity contribution in [2.45, 2.75) is 55.6 Å². The third-order valence-electron chi connectivity index (χ3n) is 4.03. The molecular weight excluding hydrogens is 272 g/mol. The number of amides is 2. The quantitative estimate of drug-likeness (QED) is 0.750. The van der Waals surface area contributed by atoms with E-state index in [4.69, 9.17) is 0 Å². The maximum Gasteiger partial charge on any atom is 0.248 e. The molecule has 0 aromatic rings. The molecule has 1 saturated heterocycles. The lowest BCUT2D eigenvalue weighted by Crippen LogP contribution is -2.47. The zero-order valence-electron chi connectivity index (χ0n) is 11.5. The molecule has 0 spiro atoms. The molecule has 0 aromatic heterocycles. The Morgan fingerprint density at radius 2 is 1.70 bits per heavy atom. The summed E-state index contributed by atoms with van der Waals surface area (Å²) in [6.07, 6.45) is 14.9. The lowest BCUT2D eigenvalue weighted by atomic mass is 10.0. The predicted octanol–water partition coefficient (Wildman–Crippen LogP) is 2.83. The zero-order chi connectivity index (χ0) is 13.9. The van der Waals surface area contributed by atoms with Gasteiger partial charge in [-0.1, -0.05) is 31.4 Å². The molecule has 20 heavy (non-hydrogen) atoms. The van der Waals surface area contributed by atoms with E-state index in [9.17, 15) is 9.59 Å². The van der Waals surface area contributed by atoms with Crippen LogP contribution in [0, 0.1) is 0 Å². The summed E-state index contributed by atoms with van der Waals surface area (Å²) in [5, 5.41) is 3.85. The Morgan fingerprint density at radius 3 is 2.40 bits per heavy atom. The minimum absolute atomic E-state index is 0.0640. The van der Waals surface area contributed by atoms with Crippen LogP contribution in [-0.2, 0) is 9.59 Å². The molecule has 0 aromatic carbocycles. The Balaban J connectivity index is 1.71. The average Bonchev–Trinajstić information content (AvgIpc) is 2.80. The predicted molar refractivity (Wildman–Crippen MR) is 79.5 cm³/mol. The zero-order valence-corrected chi connectivity index (χ0v) is 12.3. The summed E-state index contributed by atoms with van der Waals surface area (Å²) in [5.41, 5.74) is 0. The number of allylic oxidation sites excluding steroid dienone is 2. The van der Waals surface area contributed by atoms with Crippen LogP contribution < -0.4 is 0 Å². The number of carbonyl (C=O) groups excluding carboxylic acids is 2. The number of hydrazine groups is 1. The third-order valence-corrected chi connectivity index (χ3v) is 5.53. The van der Waals surface area contributed by atoms with Crippen LogP contribution in [0.15, 0.2) is 24.4 Å². The molecule has 4 nitrogen and oxygen atoms in total. The van der Waals surface area contributed by atoms with E-state index in [1.54, 1.807) is 0 Å². The first kappa shape index (κ1) is 13.7. The average molecular weight is 292 g/mol. The minimum Gasteiger partial charge on any atom is -0.273 e. The monoisotopic (exact) mass is 292 g/mol. The summed E-state index contributed by atoms with van der Waals surface area (Å²) in [6, 6.07) is 0. The molecule has 1 atom stereocenters. The van der Waals surface area contributed by atoms with E-state index >= 15 is 0 Å². The molecule has 0 N–H and O–H groups in total. The maximum atomic E-state index is 11.9. The van der Waals surface area contributed by atoms with Gasteiger partial charge >= 0.3 is 0 Å². The highest BCUT2D eigenvalue weighted by Crippen LogP contribution is 2.35. The molecule has 1 saturated carbocycles. The van der Waals surface area contributed by atoms with Crippen LogP contribution in [0.4, 0.5) is 0 Å². The van der Waals surface area contributed by atoms with Gasteiger partial charge in [-0.15, -0.1) is 11.8 Å². The van der Waals surface area contributed by atoms with Crippen LogP contribution in [0.1, 0.15) is 44.9 Å². The lowest BCUT2D eigenvalue weighted by molar-refractivity contribution is -0.153. The summed E-state index contributed by atoms with van der Waals surface area (Å²) in [4.78, 5) is 23.8.